The van der Waals surface area contributed by atoms with E-state index in [1.165, 1.54) is 29.5 Å². The van der Waals surface area contributed by atoms with Gasteiger partial charge in [0.15, 0.2) is 11.9 Å². The van der Waals surface area contributed by atoms with Gasteiger partial charge in [0.25, 0.3) is 5.56 Å². The van der Waals surface area contributed by atoms with Crippen molar-refractivity contribution in [1.29, 1.82) is 0 Å². The Morgan fingerprint density at radius 2 is 2.13 bits per heavy atom. The van der Waals surface area contributed by atoms with Crippen LogP contribution in [0.2, 0.25) is 5.02 Å². The van der Waals surface area contributed by atoms with E-state index in [0.717, 1.165) is 10.4 Å². The molecule has 0 fully saturated rings. The number of aromatic amines is 1. The number of ether oxygens (including phenoxy) is 1. The van der Waals surface area contributed by atoms with Gasteiger partial charge >= 0.3 is 0 Å². The molecule has 0 spiro atoms. The van der Waals surface area contributed by atoms with Crippen LogP contribution in [0.1, 0.15) is 29.3 Å². The first-order valence-corrected chi connectivity index (χ1v) is 8.18. The highest BCUT2D eigenvalue weighted by Crippen LogP contribution is 2.30. The molecule has 0 saturated heterocycles. The first-order valence-electron chi connectivity index (χ1n) is 6.98. The van der Waals surface area contributed by atoms with E-state index in [-0.39, 0.29) is 10.6 Å². The average Bonchev–Trinajstić information content (AvgIpc) is 2.77. The van der Waals surface area contributed by atoms with Gasteiger partial charge < -0.3 is 9.72 Å². The fraction of sp³-hybridized carbons (Fsp3) is 0.250. The van der Waals surface area contributed by atoms with Crippen molar-refractivity contribution < 1.29 is 9.13 Å². The summed E-state index contributed by atoms with van der Waals surface area (Å²) < 4.78 is 18.8. The first kappa shape index (κ1) is 16.0. The Hall–Kier alpha value is -1.92. The molecule has 2 aromatic heterocycles. The highest BCUT2D eigenvalue weighted by molar-refractivity contribution is 7.18. The van der Waals surface area contributed by atoms with E-state index in [9.17, 15) is 9.18 Å². The number of hydrogen-bond acceptors (Lipinski definition) is 4. The Balaban J connectivity index is 1.98. The minimum absolute atomic E-state index is 0.170. The smallest absolute Gasteiger partial charge is 0.260 e. The Kier molecular flexibility index (Phi) is 4.12. The van der Waals surface area contributed by atoms with Gasteiger partial charge in [-0.2, -0.15) is 0 Å². The lowest BCUT2D eigenvalue weighted by atomic mass is 10.2. The molecular weight excluding hydrogens is 339 g/mol. The van der Waals surface area contributed by atoms with Gasteiger partial charge in [-0.15, -0.1) is 11.3 Å². The topological polar surface area (TPSA) is 55.0 Å². The van der Waals surface area contributed by atoms with Crippen LogP contribution in [-0.4, -0.2) is 9.97 Å². The molecule has 0 unspecified atom stereocenters. The third-order valence-corrected chi connectivity index (χ3v) is 5.04. The van der Waals surface area contributed by atoms with Crippen molar-refractivity contribution in [2.24, 2.45) is 0 Å². The number of H-pyrrole nitrogens is 1. The summed E-state index contributed by atoms with van der Waals surface area (Å²) in [6.07, 6.45) is -0.530. The maximum absolute atomic E-state index is 13.1. The first-order chi connectivity index (χ1) is 10.9. The summed E-state index contributed by atoms with van der Waals surface area (Å²) in [7, 11) is 0. The molecule has 120 valence electrons. The van der Waals surface area contributed by atoms with Crippen molar-refractivity contribution in [2.75, 3.05) is 0 Å². The minimum atomic E-state index is -0.530. The molecular formula is C16H14ClFN2O2S. The number of aryl methyl sites for hydroxylation is 2. The number of nitrogens with one attached hydrogen (secondary N) is 1. The number of hydrogen-bond donors (Lipinski definition) is 1. The number of aromatic nitrogens is 2. The number of thiophene rings is 1. The molecule has 0 aliphatic carbocycles. The second kappa shape index (κ2) is 5.94. The van der Waals surface area contributed by atoms with Crippen molar-refractivity contribution in [1.82, 2.24) is 9.97 Å². The highest BCUT2D eigenvalue weighted by Gasteiger charge is 2.17. The maximum Gasteiger partial charge on any atom is 0.260 e. The second-order valence-electron chi connectivity index (χ2n) is 5.25. The maximum atomic E-state index is 13.1. The summed E-state index contributed by atoms with van der Waals surface area (Å²) in [5.41, 5.74) is 0.757. The summed E-state index contributed by atoms with van der Waals surface area (Å²) in [5.74, 6) is 0.304. The second-order valence-corrected chi connectivity index (χ2v) is 6.86. The Morgan fingerprint density at radius 1 is 1.39 bits per heavy atom. The zero-order valence-electron chi connectivity index (χ0n) is 12.7. The molecule has 1 N–H and O–H groups in total. The zero-order chi connectivity index (χ0) is 16.7. The molecule has 0 bridgehead atoms. The van der Waals surface area contributed by atoms with Gasteiger partial charge in [0.2, 0.25) is 0 Å². The van der Waals surface area contributed by atoms with E-state index in [2.05, 4.69) is 9.97 Å². The van der Waals surface area contributed by atoms with Gasteiger partial charge in [-0.25, -0.2) is 9.37 Å². The van der Waals surface area contributed by atoms with E-state index >= 15 is 0 Å². The van der Waals surface area contributed by atoms with E-state index in [1.54, 1.807) is 6.92 Å². The van der Waals surface area contributed by atoms with Gasteiger partial charge in [0, 0.05) is 4.88 Å². The van der Waals surface area contributed by atoms with E-state index in [4.69, 9.17) is 16.3 Å². The molecule has 2 heterocycles. The van der Waals surface area contributed by atoms with Gasteiger partial charge in [-0.1, -0.05) is 11.6 Å². The van der Waals surface area contributed by atoms with Gasteiger partial charge in [0.05, 0.1) is 10.4 Å². The lowest BCUT2D eigenvalue weighted by Gasteiger charge is -2.15. The largest absolute Gasteiger partial charge is 0.481 e. The number of nitrogens with zero attached hydrogens (tertiary/aromatic N) is 1. The molecule has 0 amide bonds. The van der Waals surface area contributed by atoms with Crippen LogP contribution in [0.5, 0.6) is 5.75 Å². The fourth-order valence-corrected chi connectivity index (χ4v) is 3.53. The van der Waals surface area contributed by atoms with Crippen LogP contribution in [0.4, 0.5) is 4.39 Å². The number of rotatable bonds is 3. The van der Waals surface area contributed by atoms with Gasteiger partial charge in [0.1, 0.15) is 16.4 Å². The molecule has 3 aromatic rings. The number of benzene rings is 1. The monoisotopic (exact) mass is 352 g/mol. The molecule has 23 heavy (non-hydrogen) atoms. The van der Waals surface area contributed by atoms with Crippen molar-refractivity contribution in [3.05, 3.63) is 55.7 Å². The van der Waals surface area contributed by atoms with Gasteiger partial charge in [-0.05, 0) is 44.5 Å². The lowest BCUT2D eigenvalue weighted by Crippen LogP contribution is -2.16. The lowest BCUT2D eigenvalue weighted by molar-refractivity contribution is 0.216. The summed E-state index contributed by atoms with van der Waals surface area (Å²) in [4.78, 5) is 21.3. The van der Waals surface area contributed by atoms with Crippen LogP contribution >= 0.6 is 22.9 Å². The van der Waals surface area contributed by atoms with Crippen molar-refractivity contribution in [3.63, 3.8) is 0 Å². The molecule has 3 rings (SSSR count). The van der Waals surface area contributed by atoms with Crippen LogP contribution in [0, 0.1) is 19.7 Å². The number of halogens is 2. The number of fused-ring (bicyclic) bond motifs is 1. The van der Waals surface area contributed by atoms with Crippen molar-refractivity contribution in [2.45, 2.75) is 26.9 Å². The Morgan fingerprint density at radius 3 is 2.83 bits per heavy atom. The van der Waals surface area contributed by atoms with E-state index < -0.39 is 11.9 Å². The minimum Gasteiger partial charge on any atom is -0.481 e. The quantitative estimate of drug-likeness (QED) is 0.753. The third kappa shape index (κ3) is 2.96. The summed E-state index contributed by atoms with van der Waals surface area (Å²) >= 11 is 7.43. The predicted molar refractivity (Wildman–Crippen MR) is 90.2 cm³/mol. The van der Waals surface area contributed by atoms with Crippen LogP contribution in [-0.2, 0) is 0 Å². The summed E-state index contributed by atoms with van der Waals surface area (Å²) in [6.45, 7) is 5.61. The Bertz CT molecular complexity index is 951. The molecule has 0 aliphatic rings. The normalized spacial score (nSPS) is 12.6. The predicted octanol–water partition coefficient (Wildman–Crippen LogP) is 4.53. The highest BCUT2D eigenvalue weighted by atomic mass is 35.5. The zero-order valence-corrected chi connectivity index (χ0v) is 14.3. The summed E-state index contributed by atoms with van der Waals surface area (Å²) in [5, 5.41) is 0.784. The van der Waals surface area contributed by atoms with E-state index in [1.807, 2.05) is 13.8 Å². The molecule has 0 radical (unpaired) electrons. The van der Waals surface area contributed by atoms with Crippen LogP contribution in [0.3, 0.4) is 0 Å². The fourth-order valence-electron chi connectivity index (χ4n) is 2.28. The molecule has 1 atom stereocenters. The Labute approximate surface area is 140 Å². The molecule has 0 aliphatic heterocycles. The van der Waals surface area contributed by atoms with Crippen LogP contribution < -0.4 is 10.3 Å². The standard InChI is InChI=1S/C16H14ClFN2O2S/c1-7-9(3)23-16-13(7)15(21)19-14(20-16)8(2)22-12-5-4-10(18)6-11(12)17/h4-6,8H,1-3H3,(H,19,20,21)/t8-/m0/s1. The average molecular weight is 353 g/mol. The van der Waals surface area contributed by atoms with Gasteiger partial charge in [-0.3, -0.25) is 4.79 Å². The third-order valence-electron chi connectivity index (χ3n) is 3.64. The molecule has 1 aromatic carbocycles. The van der Waals surface area contributed by atoms with Crippen LogP contribution in [0.25, 0.3) is 10.2 Å². The van der Waals surface area contributed by atoms with E-state index in [0.29, 0.717) is 21.8 Å². The molecule has 0 saturated carbocycles. The molecule has 7 heteroatoms. The molecule has 4 nitrogen and oxygen atoms in total. The van der Waals surface area contributed by atoms with Crippen molar-refractivity contribution in [3.8, 4) is 5.75 Å². The summed E-state index contributed by atoms with van der Waals surface area (Å²) in [6, 6.07) is 3.89. The SMILES string of the molecule is Cc1sc2nc([C@H](C)Oc3ccc(F)cc3Cl)[nH]c(=O)c2c1C. The van der Waals surface area contributed by atoms with Crippen LogP contribution in [0.15, 0.2) is 23.0 Å². The van der Waals surface area contributed by atoms with Crippen molar-refractivity contribution >= 4 is 33.2 Å².